The lowest BCUT2D eigenvalue weighted by Gasteiger charge is -2.45. The van der Waals surface area contributed by atoms with Crippen LogP contribution < -0.4 is 4.74 Å². The van der Waals surface area contributed by atoms with Crippen molar-refractivity contribution in [1.29, 1.82) is 0 Å². The molecule has 0 radical (unpaired) electrons. The number of ether oxygens (including phenoxy) is 1. The van der Waals surface area contributed by atoms with E-state index in [0.717, 1.165) is 32.3 Å². The number of nitrogens with zero attached hydrogens (tertiary/aromatic N) is 2. The average Bonchev–Trinajstić information content (AvgIpc) is 3.29. The van der Waals surface area contributed by atoms with Gasteiger partial charge in [-0.1, -0.05) is 72.3 Å². The van der Waals surface area contributed by atoms with Crippen molar-refractivity contribution in [3.63, 3.8) is 0 Å². The maximum Gasteiger partial charge on any atom is 0.273 e. The Bertz CT molecular complexity index is 1670. The molecule has 4 aliphatic rings. The van der Waals surface area contributed by atoms with E-state index in [-0.39, 0.29) is 17.4 Å². The lowest BCUT2D eigenvalue weighted by Crippen LogP contribution is -2.52. The molecule has 8 rings (SSSR count). The number of amides is 3. The highest BCUT2D eigenvalue weighted by Crippen LogP contribution is 2.61. The third-order valence-electron chi connectivity index (χ3n) is 8.68. The summed E-state index contributed by atoms with van der Waals surface area (Å²) in [5.41, 5.74) is 4.58. The minimum Gasteiger partial charge on any atom is -0.497 e. The Morgan fingerprint density at radius 3 is 1.76 bits per heavy atom. The van der Waals surface area contributed by atoms with Crippen molar-refractivity contribution >= 4 is 35.1 Å². The van der Waals surface area contributed by atoms with Crippen molar-refractivity contribution in [2.45, 2.75) is 11.8 Å². The van der Waals surface area contributed by atoms with Crippen LogP contribution in [0.15, 0.2) is 97.1 Å². The molecule has 3 amide bonds. The Labute approximate surface area is 247 Å². The smallest absolute Gasteiger partial charge is 0.273 e. The van der Waals surface area contributed by atoms with Crippen LogP contribution in [0.25, 0.3) is 0 Å². The summed E-state index contributed by atoms with van der Waals surface area (Å²) in [7, 11) is 1.49. The van der Waals surface area contributed by atoms with Gasteiger partial charge in [-0.05, 0) is 58.7 Å². The Morgan fingerprint density at radius 2 is 1.26 bits per heavy atom. The van der Waals surface area contributed by atoms with Gasteiger partial charge in [-0.15, -0.1) is 0 Å². The average molecular weight is 577 g/mol. The number of hydrogen-bond donors (Lipinski definition) is 0. The molecule has 1 fully saturated rings. The standard InChI is InChI=1S/C34H25ClN2O5/c1-42-22-8-6-7-20(17-22)27(38)18-36(32(39)19-13-15-21(35)16-14-19)37-33(40)30-28-23-9-2-3-10-24(23)29(31(30)34(37)41)26-12-5-4-11-25(26)28/h2-17,28-31H,18H2,1H3/t28?,29?,30-,31-/m1/s1. The van der Waals surface area contributed by atoms with Gasteiger partial charge in [-0.2, -0.15) is 5.01 Å². The zero-order valence-corrected chi connectivity index (χ0v) is 23.3. The molecule has 42 heavy (non-hydrogen) atoms. The first-order valence-electron chi connectivity index (χ1n) is 13.7. The summed E-state index contributed by atoms with van der Waals surface area (Å²) in [5, 5.41) is 2.36. The first kappa shape index (κ1) is 26.2. The van der Waals surface area contributed by atoms with Gasteiger partial charge < -0.3 is 4.74 Å². The summed E-state index contributed by atoms with van der Waals surface area (Å²) in [6.07, 6.45) is 0. The molecule has 1 heterocycles. The molecule has 3 aliphatic carbocycles. The van der Waals surface area contributed by atoms with Crippen LogP contribution >= 0.6 is 11.6 Å². The molecule has 208 valence electrons. The maximum atomic E-state index is 14.4. The number of rotatable bonds is 6. The SMILES string of the molecule is COc1cccc(C(=O)CN(C(=O)c2ccc(Cl)cc2)N2C(=O)[C@@H]3C4c5ccccc5C(c5ccccc54)[C@H]3C2=O)c1. The van der Waals surface area contributed by atoms with Gasteiger partial charge in [0.15, 0.2) is 5.78 Å². The van der Waals surface area contributed by atoms with Gasteiger partial charge in [0, 0.05) is 28.0 Å². The lowest BCUT2D eigenvalue weighted by atomic mass is 9.55. The molecule has 8 heteroatoms. The van der Waals surface area contributed by atoms with E-state index in [0.29, 0.717) is 16.3 Å². The fraction of sp³-hybridized carbons (Fsp3) is 0.176. The monoisotopic (exact) mass is 576 g/mol. The van der Waals surface area contributed by atoms with Crippen molar-refractivity contribution in [2.24, 2.45) is 11.8 Å². The topological polar surface area (TPSA) is 84.0 Å². The third kappa shape index (κ3) is 3.88. The molecular formula is C34H25ClN2O5. The van der Waals surface area contributed by atoms with Crippen LogP contribution in [-0.2, 0) is 9.59 Å². The molecule has 0 saturated carbocycles. The minimum atomic E-state index is -0.695. The molecule has 7 nitrogen and oxygen atoms in total. The van der Waals surface area contributed by atoms with Gasteiger partial charge in [0.25, 0.3) is 17.7 Å². The number of hydrazine groups is 1. The normalized spacial score (nSPS) is 21.4. The van der Waals surface area contributed by atoms with Crippen LogP contribution in [-0.4, -0.2) is 47.2 Å². The number of carbonyl (C=O) groups excluding carboxylic acids is 4. The first-order valence-corrected chi connectivity index (χ1v) is 14.1. The molecule has 1 aliphatic heterocycles. The molecule has 0 spiro atoms. The quantitative estimate of drug-likeness (QED) is 0.224. The number of Topliss-reactive ketones (excluding diaryl/α,β-unsaturated/α-hetero) is 1. The van der Waals surface area contributed by atoms with Crippen LogP contribution in [0.3, 0.4) is 0 Å². The van der Waals surface area contributed by atoms with Crippen molar-refractivity contribution in [2.75, 3.05) is 13.7 Å². The van der Waals surface area contributed by atoms with Crippen molar-refractivity contribution in [3.05, 3.63) is 135 Å². The number of carbonyl (C=O) groups is 4. The van der Waals surface area contributed by atoms with Crippen molar-refractivity contribution in [1.82, 2.24) is 10.0 Å². The van der Waals surface area contributed by atoms with Gasteiger partial charge in [0.1, 0.15) is 12.3 Å². The van der Waals surface area contributed by atoms with Crippen LogP contribution in [0.2, 0.25) is 5.02 Å². The van der Waals surface area contributed by atoms with E-state index in [1.54, 1.807) is 36.4 Å². The third-order valence-corrected chi connectivity index (χ3v) is 8.93. The second kappa shape index (κ2) is 9.96. The fourth-order valence-corrected chi connectivity index (χ4v) is 7.02. The van der Waals surface area contributed by atoms with E-state index in [1.807, 2.05) is 48.5 Å². The summed E-state index contributed by atoms with van der Waals surface area (Å²) >= 11 is 6.06. The Kier molecular flexibility index (Phi) is 6.21. The summed E-state index contributed by atoms with van der Waals surface area (Å²) in [6.45, 7) is -0.513. The second-order valence-electron chi connectivity index (χ2n) is 10.8. The summed E-state index contributed by atoms with van der Waals surface area (Å²) in [5.74, 6) is -3.64. The van der Waals surface area contributed by atoms with Crippen LogP contribution in [0.4, 0.5) is 0 Å². The molecule has 0 unspecified atom stereocenters. The Hall–Kier alpha value is -4.75. The molecule has 2 atom stereocenters. The predicted octanol–water partition coefficient (Wildman–Crippen LogP) is 5.48. The minimum absolute atomic E-state index is 0.197. The highest BCUT2D eigenvalue weighted by molar-refractivity contribution is 6.30. The Balaban J connectivity index is 1.32. The highest BCUT2D eigenvalue weighted by atomic mass is 35.5. The molecule has 4 aromatic rings. The number of hydrogen-bond acceptors (Lipinski definition) is 5. The fourth-order valence-electron chi connectivity index (χ4n) is 6.90. The number of benzene rings is 4. The largest absolute Gasteiger partial charge is 0.497 e. The zero-order valence-electron chi connectivity index (χ0n) is 22.6. The molecular weight excluding hydrogens is 552 g/mol. The van der Waals surface area contributed by atoms with E-state index in [9.17, 15) is 19.2 Å². The van der Waals surface area contributed by atoms with Gasteiger partial charge in [-0.25, -0.2) is 5.01 Å². The number of methoxy groups -OCH3 is 1. The predicted molar refractivity (Wildman–Crippen MR) is 155 cm³/mol. The van der Waals surface area contributed by atoms with E-state index >= 15 is 0 Å². The molecule has 0 aromatic heterocycles. The van der Waals surface area contributed by atoms with Gasteiger partial charge >= 0.3 is 0 Å². The van der Waals surface area contributed by atoms with E-state index in [2.05, 4.69) is 0 Å². The highest BCUT2D eigenvalue weighted by Gasteiger charge is 2.63. The molecule has 1 saturated heterocycles. The second-order valence-corrected chi connectivity index (χ2v) is 11.2. The Morgan fingerprint density at radius 1 is 0.738 bits per heavy atom. The zero-order chi connectivity index (χ0) is 29.1. The summed E-state index contributed by atoms with van der Waals surface area (Å²) < 4.78 is 5.26. The molecule has 4 aromatic carbocycles. The maximum absolute atomic E-state index is 14.4. The number of halogens is 1. The lowest BCUT2D eigenvalue weighted by molar-refractivity contribution is -0.154. The van der Waals surface area contributed by atoms with Crippen molar-refractivity contribution < 1.29 is 23.9 Å². The van der Waals surface area contributed by atoms with Crippen LogP contribution in [0.5, 0.6) is 5.75 Å². The molecule has 0 N–H and O–H groups in total. The van der Waals surface area contributed by atoms with Crippen LogP contribution in [0, 0.1) is 11.8 Å². The van der Waals surface area contributed by atoms with Crippen LogP contribution in [0.1, 0.15) is 54.8 Å². The van der Waals surface area contributed by atoms with E-state index in [4.69, 9.17) is 16.3 Å². The summed E-state index contributed by atoms with van der Waals surface area (Å²) in [6, 6.07) is 28.5. The number of imide groups is 1. The van der Waals surface area contributed by atoms with Gasteiger partial charge in [0.2, 0.25) is 0 Å². The van der Waals surface area contributed by atoms with Gasteiger partial charge in [-0.3, -0.25) is 19.2 Å². The number of ketones is 1. The van der Waals surface area contributed by atoms with E-state index < -0.39 is 41.9 Å². The van der Waals surface area contributed by atoms with Crippen molar-refractivity contribution in [3.8, 4) is 5.75 Å². The van der Waals surface area contributed by atoms with Gasteiger partial charge in [0.05, 0.1) is 18.9 Å². The summed E-state index contributed by atoms with van der Waals surface area (Å²) in [4.78, 5) is 56.3. The first-order chi connectivity index (χ1) is 20.4. The molecule has 2 bridgehead atoms. The van der Waals surface area contributed by atoms with E-state index in [1.165, 1.54) is 19.2 Å².